The van der Waals surface area contributed by atoms with Crippen LogP contribution in [0.2, 0.25) is 0 Å². The molecule has 0 aliphatic rings. The van der Waals surface area contributed by atoms with Crippen LogP contribution in [-0.2, 0) is 4.79 Å². The Balaban J connectivity index is 2.24. The number of hydrogen-bond acceptors (Lipinski definition) is 3. The van der Waals surface area contributed by atoms with E-state index in [9.17, 15) is 4.79 Å². The lowest BCUT2D eigenvalue weighted by Crippen LogP contribution is -2.31. The first kappa shape index (κ1) is 15.4. The first-order valence-electron chi connectivity index (χ1n) is 5.74. The summed E-state index contributed by atoms with van der Waals surface area (Å²) in [6, 6.07) is 7.67. The van der Waals surface area contributed by atoms with Gasteiger partial charge in [-0.05, 0) is 30.5 Å². The Kier molecular flexibility index (Phi) is 7.20. The van der Waals surface area contributed by atoms with E-state index in [1.807, 2.05) is 37.6 Å². The molecule has 100 valence electrons. The average molecular weight is 332 g/mol. The second-order valence-corrected chi connectivity index (χ2v) is 5.76. The van der Waals surface area contributed by atoms with Crippen LogP contribution in [0.15, 0.2) is 28.7 Å². The molecule has 0 aliphatic carbocycles. The maximum absolute atomic E-state index is 11.6. The second kappa shape index (κ2) is 8.43. The minimum absolute atomic E-state index is 0.170. The van der Waals surface area contributed by atoms with Crippen LogP contribution < -0.4 is 4.74 Å². The van der Waals surface area contributed by atoms with E-state index in [1.165, 1.54) is 0 Å². The van der Waals surface area contributed by atoms with Crippen molar-refractivity contribution in [3.05, 3.63) is 28.7 Å². The summed E-state index contributed by atoms with van der Waals surface area (Å²) in [6.45, 7) is 1.13. The van der Waals surface area contributed by atoms with Crippen LogP contribution in [0, 0.1) is 0 Å². The smallest absolute Gasteiger partial charge is 0.223 e. The number of amides is 1. The predicted octanol–water partition coefficient (Wildman–Crippen LogP) is 3.04. The molecule has 0 saturated carbocycles. The van der Waals surface area contributed by atoms with Crippen LogP contribution in [0.25, 0.3) is 0 Å². The Morgan fingerprint density at radius 1 is 1.39 bits per heavy atom. The van der Waals surface area contributed by atoms with Gasteiger partial charge in [0, 0.05) is 23.7 Å². The van der Waals surface area contributed by atoms with E-state index >= 15 is 0 Å². The van der Waals surface area contributed by atoms with Gasteiger partial charge in [-0.1, -0.05) is 15.9 Å². The summed E-state index contributed by atoms with van der Waals surface area (Å²) in [7, 11) is 1.81. The van der Waals surface area contributed by atoms with Crippen molar-refractivity contribution in [2.45, 2.75) is 6.42 Å². The third-order valence-electron chi connectivity index (χ3n) is 2.45. The van der Waals surface area contributed by atoms with E-state index in [2.05, 4.69) is 15.9 Å². The lowest BCUT2D eigenvalue weighted by molar-refractivity contribution is -0.129. The van der Waals surface area contributed by atoms with E-state index in [-0.39, 0.29) is 5.91 Å². The van der Waals surface area contributed by atoms with Gasteiger partial charge >= 0.3 is 0 Å². The van der Waals surface area contributed by atoms with Crippen molar-refractivity contribution in [1.82, 2.24) is 4.90 Å². The van der Waals surface area contributed by atoms with E-state index in [1.54, 1.807) is 16.7 Å². The molecule has 0 radical (unpaired) electrons. The van der Waals surface area contributed by atoms with Crippen molar-refractivity contribution in [2.75, 3.05) is 32.2 Å². The minimum Gasteiger partial charge on any atom is -0.492 e. The van der Waals surface area contributed by atoms with Crippen LogP contribution in [-0.4, -0.2) is 43.0 Å². The first-order valence-corrected chi connectivity index (χ1v) is 7.93. The van der Waals surface area contributed by atoms with Gasteiger partial charge in [-0.15, -0.1) is 0 Å². The topological polar surface area (TPSA) is 29.5 Å². The van der Waals surface area contributed by atoms with Gasteiger partial charge in [-0.2, -0.15) is 11.8 Å². The fourth-order valence-electron chi connectivity index (χ4n) is 1.34. The Bertz CT molecular complexity index is 370. The largest absolute Gasteiger partial charge is 0.492 e. The number of hydrogen-bond donors (Lipinski definition) is 0. The summed E-state index contributed by atoms with van der Waals surface area (Å²) in [5, 5.41) is 0. The molecule has 5 heteroatoms. The van der Waals surface area contributed by atoms with Gasteiger partial charge in [0.25, 0.3) is 0 Å². The van der Waals surface area contributed by atoms with Crippen LogP contribution in [0.3, 0.4) is 0 Å². The first-order chi connectivity index (χ1) is 8.63. The van der Waals surface area contributed by atoms with E-state index in [0.29, 0.717) is 19.6 Å². The Hall–Kier alpha value is -0.680. The Labute approximate surface area is 121 Å². The number of carbonyl (C=O) groups is 1. The summed E-state index contributed by atoms with van der Waals surface area (Å²) in [5.74, 6) is 1.86. The molecule has 0 aromatic heterocycles. The zero-order valence-electron chi connectivity index (χ0n) is 10.7. The Morgan fingerprint density at radius 3 is 2.67 bits per heavy atom. The molecule has 0 unspecified atom stereocenters. The monoisotopic (exact) mass is 331 g/mol. The summed E-state index contributed by atoms with van der Waals surface area (Å²) in [6.07, 6.45) is 2.60. The maximum atomic E-state index is 11.6. The normalized spacial score (nSPS) is 10.2. The van der Waals surface area contributed by atoms with Gasteiger partial charge in [0.15, 0.2) is 0 Å². The fourth-order valence-corrected chi connectivity index (χ4v) is 1.98. The molecule has 1 rings (SSSR count). The number of nitrogens with zero attached hydrogens (tertiary/aromatic N) is 1. The molecular formula is C13H18BrNO2S. The summed E-state index contributed by atoms with van der Waals surface area (Å²) in [4.78, 5) is 13.4. The molecule has 3 nitrogen and oxygen atoms in total. The van der Waals surface area contributed by atoms with E-state index in [0.717, 1.165) is 16.0 Å². The van der Waals surface area contributed by atoms with Crippen molar-refractivity contribution in [1.29, 1.82) is 0 Å². The average Bonchev–Trinajstić information content (AvgIpc) is 2.38. The van der Waals surface area contributed by atoms with Crippen molar-refractivity contribution in [3.8, 4) is 5.75 Å². The number of carbonyl (C=O) groups excluding carboxylic acids is 1. The maximum Gasteiger partial charge on any atom is 0.223 e. The van der Waals surface area contributed by atoms with Crippen molar-refractivity contribution in [2.24, 2.45) is 0 Å². The van der Waals surface area contributed by atoms with Gasteiger partial charge in [0.1, 0.15) is 12.4 Å². The third kappa shape index (κ3) is 5.78. The molecule has 0 heterocycles. The molecule has 0 spiro atoms. The SMILES string of the molecule is CSCCC(=O)N(C)CCOc1ccc(Br)cc1. The highest BCUT2D eigenvalue weighted by molar-refractivity contribution is 9.10. The molecule has 1 aromatic rings. The molecule has 18 heavy (non-hydrogen) atoms. The molecule has 0 aliphatic heterocycles. The molecular weight excluding hydrogens is 314 g/mol. The quantitative estimate of drug-likeness (QED) is 0.769. The molecule has 0 fully saturated rings. The highest BCUT2D eigenvalue weighted by Crippen LogP contribution is 2.15. The number of ether oxygens (including phenoxy) is 1. The number of rotatable bonds is 7. The lowest BCUT2D eigenvalue weighted by Gasteiger charge is -2.17. The molecule has 1 amide bonds. The summed E-state index contributed by atoms with van der Waals surface area (Å²) < 4.78 is 6.59. The molecule has 0 atom stereocenters. The van der Waals surface area contributed by atoms with Gasteiger partial charge in [0.05, 0.1) is 6.54 Å². The fraction of sp³-hybridized carbons (Fsp3) is 0.462. The highest BCUT2D eigenvalue weighted by atomic mass is 79.9. The Morgan fingerprint density at radius 2 is 2.06 bits per heavy atom. The van der Waals surface area contributed by atoms with Gasteiger partial charge < -0.3 is 9.64 Å². The summed E-state index contributed by atoms with van der Waals surface area (Å²) in [5.41, 5.74) is 0. The summed E-state index contributed by atoms with van der Waals surface area (Å²) >= 11 is 5.06. The standard InChI is InChI=1S/C13H18BrNO2S/c1-15(13(16)7-10-18-2)8-9-17-12-5-3-11(14)4-6-12/h3-6H,7-10H2,1-2H3. The number of thioether (sulfide) groups is 1. The number of halogens is 1. The number of benzene rings is 1. The minimum atomic E-state index is 0.170. The van der Waals surface area contributed by atoms with Crippen LogP contribution in [0.1, 0.15) is 6.42 Å². The molecule has 0 N–H and O–H groups in total. The zero-order valence-corrected chi connectivity index (χ0v) is 13.1. The van der Waals surface area contributed by atoms with Crippen molar-refractivity contribution < 1.29 is 9.53 Å². The molecule has 0 saturated heterocycles. The van der Waals surface area contributed by atoms with Gasteiger partial charge in [0.2, 0.25) is 5.91 Å². The van der Waals surface area contributed by atoms with Gasteiger partial charge in [-0.25, -0.2) is 0 Å². The third-order valence-corrected chi connectivity index (χ3v) is 3.60. The van der Waals surface area contributed by atoms with Gasteiger partial charge in [-0.3, -0.25) is 4.79 Å². The van der Waals surface area contributed by atoms with Crippen LogP contribution in [0.4, 0.5) is 0 Å². The molecule has 1 aromatic carbocycles. The zero-order chi connectivity index (χ0) is 13.4. The van der Waals surface area contributed by atoms with Crippen molar-refractivity contribution >= 4 is 33.6 Å². The van der Waals surface area contributed by atoms with E-state index < -0.39 is 0 Å². The number of likely N-dealkylation sites (N-methyl/N-ethyl adjacent to an activating group) is 1. The lowest BCUT2D eigenvalue weighted by atomic mass is 10.3. The van der Waals surface area contributed by atoms with Crippen LogP contribution >= 0.6 is 27.7 Å². The van der Waals surface area contributed by atoms with E-state index in [4.69, 9.17) is 4.74 Å². The van der Waals surface area contributed by atoms with Crippen molar-refractivity contribution in [3.63, 3.8) is 0 Å². The second-order valence-electron chi connectivity index (χ2n) is 3.86. The van der Waals surface area contributed by atoms with Crippen LogP contribution in [0.5, 0.6) is 5.75 Å². The highest BCUT2D eigenvalue weighted by Gasteiger charge is 2.07. The molecule has 0 bridgehead atoms. The predicted molar refractivity (Wildman–Crippen MR) is 80.3 cm³/mol.